The van der Waals surface area contributed by atoms with Crippen LogP contribution in [0.3, 0.4) is 0 Å². The summed E-state index contributed by atoms with van der Waals surface area (Å²) in [5.41, 5.74) is 1.84. The summed E-state index contributed by atoms with van der Waals surface area (Å²) in [6, 6.07) is 11.9. The lowest BCUT2D eigenvalue weighted by atomic mass is 10.2. The normalized spacial score (nSPS) is 12.4. The predicted molar refractivity (Wildman–Crippen MR) is 70.7 cm³/mol. The topological polar surface area (TPSA) is 44.9 Å². The first kappa shape index (κ1) is 12.3. The molecule has 0 aliphatic heterocycles. The van der Waals surface area contributed by atoms with Gasteiger partial charge in [-0.05, 0) is 14.1 Å². The van der Waals surface area contributed by atoms with E-state index in [0.717, 1.165) is 17.1 Å². The van der Waals surface area contributed by atoms with Crippen molar-refractivity contribution in [1.29, 1.82) is 5.26 Å². The first-order valence-corrected chi connectivity index (χ1v) is 5.78. The standard InChI is InChI=1S/C14H16N4/c1-17(2)13(9-15)12-10-18(3)14(16-12)11-7-5-4-6-8-11/h4-8,10,13H,1-3H3. The fraction of sp³-hybridized carbons (Fsp3) is 0.286. The van der Waals surface area contributed by atoms with Gasteiger partial charge < -0.3 is 4.57 Å². The number of nitrogens with zero attached hydrogens (tertiary/aromatic N) is 4. The lowest BCUT2D eigenvalue weighted by Gasteiger charge is -2.14. The average molecular weight is 240 g/mol. The second kappa shape index (κ2) is 5.03. The van der Waals surface area contributed by atoms with E-state index in [1.165, 1.54) is 0 Å². The summed E-state index contributed by atoms with van der Waals surface area (Å²) >= 11 is 0. The molecule has 1 aromatic heterocycles. The molecule has 0 saturated heterocycles. The minimum atomic E-state index is -0.311. The lowest BCUT2D eigenvalue weighted by molar-refractivity contribution is 0.353. The largest absolute Gasteiger partial charge is 0.334 e. The number of hydrogen-bond acceptors (Lipinski definition) is 3. The second-order valence-corrected chi connectivity index (χ2v) is 4.46. The molecule has 0 fully saturated rings. The molecule has 4 heteroatoms. The zero-order valence-corrected chi connectivity index (χ0v) is 10.8. The van der Waals surface area contributed by atoms with Gasteiger partial charge in [-0.25, -0.2) is 4.98 Å². The van der Waals surface area contributed by atoms with Crippen molar-refractivity contribution >= 4 is 0 Å². The Labute approximate surface area is 107 Å². The number of imidazole rings is 1. The smallest absolute Gasteiger partial charge is 0.142 e. The Balaban J connectivity index is 2.42. The molecule has 0 aliphatic rings. The lowest BCUT2D eigenvalue weighted by Crippen LogP contribution is -2.18. The van der Waals surface area contributed by atoms with Crippen LogP contribution in [0.4, 0.5) is 0 Å². The molecule has 0 amide bonds. The minimum absolute atomic E-state index is 0.311. The van der Waals surface area contributed by atoms with Crippen LogP contribution in [-0.4, -0.2) is 28.5 Å². The van der Waals surface area contributed by atoms with Crippen LogP contribution in [0, 0.1) is 11.3 Å². The van der Waals surface area contributed by atoms with E-state index >= 15 is 0 Å². The van der Waals surface area contributed by atoms with Crippen LogP contribution in [-0.2, 0) is 7.05 Å². The van der Waals surface area contributed by atoms with Gasteiger partial charge in [0.05, 0.1) is 11.8 Å². The Morgan fingerprint density at radius 3 is 2.50 bits per heavy atom. The van der Waals surface area contributed by atoms with Gasteiger partial charge in [0, 0.05) is 18.8 Å². The Bertz CT molecular complexity index is 563. The summed E-state index contributed by atoms with van der Waals surface area (Å²) in [6.07, 6.45) is 1.91. The van der Waals surface area contributed by atoms with E-state index in [0.29, 0.717) is 0 Å². The minimum Gasteiger partial charge on any atom is -0.334 e. The molecule has 1 heterocycles. The van der Waals surface area contributed by atoms with Crippen LogP contribution in [0.5, 0.6) is 0 Å². The summed E-state index contributed by atoms with van der Waals surface area (Å²) in [4.78, 5) is 6.43. The van der Waals surface area contributed by atoms with Crippen molar-refractivity contribution in [2.75, 3.05) is 14.1 Å². The van der Waals surface area contributed by atoms with E-state index in [-0.39, 0.29) is 6.04 Å². The third kappa shape index (κ3) is 2.27. The molecule has 1 aromatic carbocycles. The molecular weight excluding hydrogens is 224 g/mol. The van der Waals surface area contributed by atoms with Crippen LogP contribution in [0.1, 0.15) is 11.7 Å². The molecule has 2 rings (SSSR count). The summed E-state index contributed by atoms with van der Waals surface area (Å²) in [5, 5.41) is 9.18. The number of nitriles is 1. The number of rotatable bonds is 3. The third-order valence-corrected chi connectivity index (χ3v) is 2.85. The monoisotopic (exact) mass is 240 g/mol. The Morgan fingerprint density at radius 1 is 1.28 bits per heavy atom. The maximum absolute atomic E-state index is 9.18. The van der Waals surface area contributed by atoms with Crippen LogP contribution in [0.2, 0.25) is 0 Å². The molecule has 0 radical (unpaired) electrons. The number of aromatic nitrogens is 2. The quantitative estimate of drug-likeness (QED) is 0.826. The number of aryl methyl sites for hydroxylation is 1. The Hall–Kier alpha value is -2.12. The van der Waals surface area contributed by atoms with Gasteiger partial charge in [-0.1, -0.05) is 30.3 Å². The highest BCUT2D eigenvalue weighted by molar-refractivity contribution is 5.55. The number of benzene rings is 1. The highest BCUT2D eigenvalue weighted by Crippen LogP contribution is 2.22. The van der Waals surface area contributed by atoms with Gasteiger partial charge in [0.2, 0.25) is 0 Å². The molecule has 2 aromatic rings. The van der Waals surface area contributed by atoms with Crippen LogP contribution < -0.4 is 0 Å². The van der Waals surface area contributed by atoms with Gasteiger partial charge in [0.1, 0.15) is 11.9 Å². The van der Waals surface area contributed by atoms with Gasteiger partial charge in [0.15, 0.2) is 0 Å². The summed E-state index contributed by atoms with van der Waals surface area (Å²) in [7, 11) is 5.71. The van der Waals surface area contributed by atoms with Gasteiger partial charge in [-0.15, -0.1) is 0 Å². The molecule has 92 valence electrons. The highest BCUT2D eigenvalue weighted by Gasteiger charge is 2.18. The average Bonchev–Trinajstić information content (AvgIpc) is 2.73. The first-order chi connectivity index (χ1) is 8.63. The molecule has 1 unspecified atom stereocenters. The van der Waals surface area contributed by atoms with Crippen molar-refractivity contribution in [3.8, 4) is 17.5 Å². The van der Waals surface area contributed by atoms with Crippen LogP contribution in [0.25, 0.3) is 11.4 Å². The maximum Gasteiger partial charge on any atom is 0.142 e. The Morgan fingerprint density at radius 2 is 1.94 bits per heavy atom. The third-order valence-electron chi connectivity index (χ3n) is 2.85. The zero-order valence-electron chi connectivity index (χ0n) is 10.8. The molecule has 0 spiro atoms. The van der Waals surface area contributed by atoms with E-state index in [1.807, 2.05) is 67.1 Å². The molecular formula is C14H16N4. The molecule has 0 N–H and O–H groups in total. The van der Waals surface area contributed by atoms with Crippen molar-refractivity contribution in [3.63, 3.8) is 0 Å². The molecule has 0 bridgehead atoms. The number of hydrogen-bond donors (Lipinski definition) is 0. The van der Waals surface area contributed by atoms with E-state index in [1.54, 1.807) is 0 Å². The first-order valence-electron chi connectivity index (χ1n) is 5.78. The summed E-state index contributed by atoms with van der Waals surface area (Å²) in [5.74, 6) is 0.882. The molecule has 0 saturated carbocycles. The van der Waals surface area contributed by atoms with Crippen molar-refractivity contribution in [3.05, 3.63) is 42.2 Å². The Kier molecular flexibility index (Phi) is 3.45. The maximum atomic E-state index is 9.18. The van der Waals surface area contributed by atoms with E-state index in [2.05, 4.69) is 11.1 Å². The summed E-state index contributed by atoms with van der Waals surface area (Å²) in [6.45, 7) is 0. The van der Waals surface area contributed by atoms with Crippen molar-refractivity contribution in [2.24, 2.45) is 7.05 Å². The van der Waals surface area contributed by atoms with E-state index in [4.69, 9.17) is 0 Å². The van der Waals surface area contributed by atoms with Crippen LogP contribution in [0.15, 0.2) is 36.5 Å². The second-order valence-electron chi connectivity index (χ2n) is 4.46. The van der Waals surface area contributed by atoms with E-state index in [9.17, 15) is 5.26 Å². The van der Waals surface area contributed by atoms with Crippen molar-refractivity contribution in [2.45, 2.75) is 6.04 Å². The SMILES string of the molecule is CN(C)C(C#N)c1cn(C)c(-c2ccccc2)n1. The molecule has 0 aliphatic carbocycles. The van der Waals surface area contributed by atoms with Gasteiger partial charge in [-0.3, -0.25) is 4.90 Å². The zero-order chi connectivity index (χ0) is 13.1. The van der Waals surface area contributed by atoms with Crippen LogP contribution >= 0.6 is 0 Å². The van der Waals surface area contributed by atoms with Crippen molar-refractivity contribution in [1.82, 2.24) is 14.5 Å². The fourth-order valence-electron chi connectivity index (χ4n) is 1.92. The van der Waals surface area contributed by atoms with Gasteiger partial charge in [0.25, 0.3) is 0 Å². The fourth-order valence-corrected chi connectivity index (χ4v) is 1.92. The molecule has 18 heavy (non-hydrogen) atoms. The van der Waals surface area contributed by atoms with Gasteiger partial charge >= 0.3 is 0 Å². The molecule has 1 atom stereocenters. The van der Waals surface area contributed by atoms with Crippen molar-refractivity contribution < 1.29 is 0 Å². The highest BCUT2D eigenvalue weighted by atomic mass is 15.1. The van der Waals surface area contributed by atoms with Gasteiger partial charge in [-0.2, -0.15) is 5.26 Å². The predicted octanol–water partition coefficient (Wildman–Crippen LogP) is 2.21. The van der Waals surface area contributed by atoms with E-state index < -0.39 is 0 Å². The molecule has 4 nitrogen and oxygen atoms in total. The summed E-state index contributed by atoms with van der Waals surface area (Å²) < 4.78 is 1.96.